The van der Waals surface area contributed by atoms with Gasteiger partial charge < -0.3 is 10.2 Å². The molecule has 2 rings (SSSR count). The van der Waals surface area contributed by atoms with Crippen molar-refractivity contribution >= 4 is 5.97 Å². The highest BCUT2D eigenvalue weighted by molar-refractivity contribution is 5.68. The zero-order chi connectivity index (χ0) is 14.9. The Morgan fingerprint density at radius 3 is 2.70 bits per heavy atom. The minimum absolute atomic E-state index is 0.0536. The summed E-state index contributed by atoms with van der Waals surface area (Å²) < 4.78 is 1.88. The second kappa shape index (κ2) is 5.56. The fourth-order valence-corrected chi connectivity index (χ4v) is 3.11. The monoisotopic (exact) mass is 280 g/mol. The predicted molar refractivity (Wildman–Crippen MR) is 75.9 cm³/mol. The van der Waals surface area contributed by atoms with Gasteiger partial charge in [0.25, 0.3) is 0 Å². The molecule has 0 fully saturated rings. The van der Waals surface area contributed by atoms with Crippen molar-refractivity contribution in [1.29, 1.82) is 0 Å². The van der Waals surface area contributed by atoms with E-state index >= 15 is 0 Å². The van der Waals surface area contributed by atoms with Crippen molar-refractivity contribution in [2.75, 3.05) is 6.61 Å². The van der Waals surface area contributed by atoms with E-state index < -0.39 is 5.97 Å². The van der Waals surface area contributed by atoms with Gasteiger partial charge in [-0.15, -0.1) is 0 Å². The molecule has 1 aliphatic carbocycles. The van der Waals surface area contributed by atoms with E-state index in [-0.39, 0.29) is 24.4 Å². The molecule has 2 N–H and O–H groups in total. The van der Waals surface area contributed by atoms with Crippen LogP contribution in [-0.4, -0.2) is 32.6 Å². The quantitative estimate of drug-likeness (QED) is 0.885. The Bertz CT molecular complexity index is 500. The van der Waals surface area contributed by atoms with Gasteiger partial charge in [-0.3, -0.25) is 9.48 Å². The number of aliphatic hydroxyl groups excluding tert-OH is 1. The molecule has 0 amide bonds. The average Bonchev–Trinajstić information content (AvgIpc) is 2.69. The van der Waals surface area contributed by atoms with E-state index in [1.54, 1.807) is 0 Å². The molecule has 1 aliphatic rings. The first-order valence-electron chi connectivity index (χ1n) is 7.27. The van der Waals surface area contributed by atoms with Crippen LogP contribution in [0.1, 0.15) is 62.9 Å². The van der Waals surface area contributed by atoms with Crippen molar-refractivity contribution in [3.05, 3.63) is 17.0 Å². The van der Waals surface area contributed by atoms with Crippen molar-refractivity contribution in [2.24, 2.45) is 0 Å². The first-order valence-corrected chi connectivity index (χ1v) is 7.27. The summed E-state index contributed by atoms with van der Waals surface area (Å²) in [5.41, 5.74) is 3.13. The average molecular weight is 280 g/mol. The Hall–Kier alpha value is -1.36. The molecular formula is C15H24N2O3. The number of fused-ring (bicyclic) bond motifs is 1. The van der Waals surface area contributed by atoms with Gasteiger partial charge in [-0.05, 0) is 25.2 Å². The minimum Gasteiger partial charge on any atom is -0.481 e. The molecule has 20 heavy (non-hydrogen) atoms. The van der Waals surface area contributed by atoms with Crippen molar-refractivity contribution in [3.63, 3.8) is 0 Å². The lowest BCUT2D eigenvalue weighted by Crippen LogP contribution is -2.20. The molecule has 1 heterocycles. The molecule has 112 valence electrons. The zero-order valence-corrected chi connectivity index (χ0v) is 12.5. The topological polar surface area (TPSA) is 75.3 Å². The van der Waals surface area contributed by atoms with Crippen LogP contribution < -0.4 is 0 Å². The summed E-state index contributed by atoms with van der Waals surface area (Å²) in [6, 6.07) is 0. The maximum Gasteiger partial charge on any atom is 0.303 e. The van der Waals surface area contributed by atoms with Crippen LogP contribution in [0, 0.1) is 0 Å². The van der Waals surface area contributed by atoms with Gasteiger partial charge in [0.05, 0.1) is 25.3 Å². The Morgan fingerprint density at radius 2 is 2.15 bits per heavy atom. The molecule has 0 aromatic carbocycles. The van der Waals surface area contributed by atoms with Crippen LogP contribution in [0.15, 0.2) is 0 Å². The van der Waals surface area contributed by atoms with Crippen LogP contribution in [0.5, 0.6) is 0 Å². The highest BCUT2D eigenvalue weighted by Gasteiger charge is 2.34. The largest absolute Gasteiger partial charge is 0.481 e. The Balaban J connectivity index is 2.51. The third kappa shape index (κ3) is 2.87. The molecule has 1 aromatic heterocycles. The molecule has 1 unspecified atom stereocenters. The van der Waals surface area contributed by atoms with E-state index in [1.165, 1.54) is 0 Å². The van der Waals surface area contributed by atoms with Gasteiger partial charge in [-0.25, -0.2) is 0 Å². The molecular weight excluding hydrogens is 256 g/mol. The van der Waals surface area contributed by atoms with E-state index in [0.717, 1.165) is 36.2 Å². The lowest BCUT2D eigenvalue weighted by atomic mass is 9.78. The van der Waals surface area contributed by atoms with Gasteiger partial charge in [0.1, 0.15) is 0 Å². The second-order valence-corrected chi connectivity index (χ2v) is 6.59. The molecule has 0 radical (unpaired) electrons. The Kier molecular flexibility index (Phi) is 4.18. The predicted octanol–water partition coefficient (Wildman–Crippen LogP) is 2.07. The van der Waals surface area contributed by atoms with Crippen molar-refractivity contribution in [1.82, 2.24) is 9.78 Å². The van der Waals surface area contributed by atoms with Crippen LogP contribution in [0.3, 0.4) is 0 Å². The number of hydrogen-bond donors (Lipinski definition) is 2. The van der Waals surface area contributed by atoms with Gasteiger partial charge in [0, 0.05) is 16.7 Å². The van der Waals surface area contributed by atoms with Gasteiger partial charge >= 0.3 is 5.97 Å². The first kappa shape index (κ1) is 15.0. The van der Waals surface area contributed by atoms with Gasteiger partial charge in [-0.1, -0.05) is 20.8 Å². The van der Waals surface area contributed by atoms with E-state index in [4.69, 9.17) is 5.11 Å². The number of carboxylic acids is 1. The molecule has 0 aliphatic heterocycles. The summed E-state index contributed by atoms with van der Waals surface area (Å²) in [4.78, 5) is 11.1. The summed E-state index contributed by atoms with van der Waals surface area (Å²) in [7, 11) is 0. The SMILES string of the molecule is CC(C)(C)c1nn(CCO)c2c1C(CC(=O)O)CCC2. The number of aliphatic hydroxyl groups is 1. The molecule has 1 aromatic rings. The van der Waals surface area contributed by atoms with Crippen LogP contribution in [-0.2, 0) is 23.2 Å². The number of hydrogen-bond acceptors (Lipinski definition) is 3. The normalized spacial score (nSPS) is 18.9. The first-order chi connectivity index (χ1) is 9.34. The molecule has 0 saturated heterocycles. The molecule has 0 spiro atoms. The number of carboxylic acid groups (broad SMARTS) is 1. The summed E-state index contributed by atoms with van der Waals surface area (Å²) in [5.74, 6) is -0.699. The van der Waals surface area contributed by atoms with Crippen molar-refractivity contribution in [3.8, 4) is 0 Å². The third-order valence-electron chi connectivity index (χ3n) is 3.92. The Labute approximate surface area is 119 Å². The molecule has 0 bridgehead atoms. The van der Waals surface area contributed by atoms with E-state index in [0.29, 0.717) is 6.54 Å². The van der Waals surface area contributed by atoms with Gasteiger partial charge in [-0.2, -0.15) is 5.10 Å². The lowest BCUT2D eigenvalue weighted by molar-refractivity contribution is -0.137. The smallest absolute Gasteiger partial charge is 0.303 e. The fourth-order valence-electron chi connectivity index (χ4n) is 3.11. The Morgan fingerprint density at radius 1 is 1.45 bits per heavy atom. The van der Waals surface area contributed by atoms with Crippen molar-refractivity contribution < 1.29 is 15.0 Å². The molecule has 0 saturated carbocycles. The highest BCUT2D eigenvalue weighted by Crippen LogP contribution is 2.40. The highest BCUT2D eigenvalue weighted by atomic mass is 16.4. The lowest BCUT2D eigenvalue weighted by Gasteiger charge is -2.26. The molecule has 5 nitrogen and oxygen atoms in total. The van der Waals surface area contributed by atoms with Crippen LogP contribution in [0.25, 0.3) is 0 Å². The maximum atomic E-state index is 11.1. The van der Waals surface area contributed by atoms with Crippen LogP contribution in [0.4, 0.5) is 0 Å². The zero-order valence-electron chi connectivity index (χ0n) is 12.5. The second-order valence-electron chi connectivity index (χ2n) is 6.59. The van der Waals surface area contributed by atoms with Crippen molar-refractivity contribution in [2.45, 2.75) is 64.3 Å². The molecule has 5 heteroatoms. The summed E-state index contributed by atoms with van der Waals surface area (Å²) in [5, 5.41) is 23.0. The summed E-state index contributed by atoms with van der Waals surface area (Å²) >= 11 is 0. The van der Waals surface area contributed by atoms with Gasteiger partial charge in [0.15, 0.2) is 0 Å². The van der Waals surface area contributed by atoms with Crippen LogP contribution >= 0.6 is 0 Å². The maximum absolute atomic E-state index is 11.1. The fraction of sp³-hybridized carbons (Fsp3) is 0.733. The summed E-state index contributed by atoms with van der Waals surface area (Å²) in [6.07, 6.45) is 2.99. The van der Waals surface area contributed by atoms with E-state index in [1.807, 2.05) is 4.68 Å². The standard InChI is InChI=1S/C15H24N2O3/c1-15(2,3)14-13-10(9-12(19)20)5-4-6-11(13)17(16-14)7-8-18/h10,18H,4-9H2,1-3H3,(H,19,20). The van der Waals surface area contributed by atoms with Crippen LogP contribution in [0.2, 0.25) is 0 Å². The van der Waals surface area contributed by atoms with Gasteiger partial charge in [0.2, 0.25) is 0 Å². The van der Waals surface area contributed by atoms with E-state index in [2.05, 4.69) is 25.9 Å². The van der Waals surface area contributed by atoms with E-state index in [9.17, 15) is 9.90 Å². The number of nitrogens with zero attached hydrogens (tertiary/aromatic N) is 2. The number of rotatable bonds is 4. The number of aromatic nitrogens is 2. The summed E-state index contributed by atoms with van der Waals surface area (Å²) in [6.45, 7) is 6.85. The number of aliphatic carboxylic acids is 1. The molecule has 1 atom stereocenters. The minimum atomic E-state index is -0.752. The third-order valence-corrected chi connectivity index (χ3v) is 3.92. The number of carbonyl (C=O) groups is 1.